The minimum absolute atomic E-state index is 0.278. The molecule has 0 amide bonds. The smallest absolute Gasteiger partial charge is 0.318 e. The van der Waals surface area contributed by atoms with E-state index in [2.05, 4.69) is 14.8 Å². The van der Waals surface area contributed by atoms with Crippen molar-refractivity contribution in [2.45, 2.75) is 0 Å². The first-order valence-electron chi connectivity index (χ1n) is 2.62. The largest absolute Gasteiger partial charge is 0.480 e. The number of hydrogen-bond donors (Lipinski definition) is 2. The molecule has 0 unspecified atom stereocenters. The van der Waals surface area contributed by atoms with Crippen molar-refractivity contribution >= 4 is 14.2 Å². The topological polar surface area (TPSA) is 98.9 Å². The van der Waals surface area contributed by atoms with E-state index >= 15 is 0 Å². The van der Waals surface area contributed by atoms with Crippen LogP contribution in [0.25, 0.3) is 0 Å². The van der Waals surface area contributed by atoms with Crippen LogP contribution in [0.15, 0.2) is 0 Å². The molecule has 0 spiro atoms. The van der Waals surface area contributed by atoms with Crippen LogP contribution >= 0.6 is 8.25 Å². The maximum absolute atomic E-state index is 9.92. The highest BCUT2D eigenvalue weighted by Crippen LogP contribution is 2.18. The molecule has 0 aliphatic carbocycles. The fourth-order valence-corrected chi connectivity index (χ4v) is 0.250. The Morgan fingerprint density at radius 2 is 1.82 bits per heavy atom. The first kappa shape index (κ1) is 13.2. The molecular weight excluding hydrogens is 173 g/mol. The first-order valence-corrected chi connectivity index (χ1v) is 3.84. The summed E-state index contributed by atoms with van der Waals surface area (Å²) in [6, 6.07) is 0. The normalized spacial score (nSPS) is 8.73. The van der Waals surface area contributed by atoms with Gasteiger partial charge in [0, 0.05) is 14.2 Å². The van der Waals surface area contributed by atoms with E-state index in [0.29, 0.717) is 0 Å². The SMILES string of the molecule is CO[PH](=O)OC.NCC(=O)O. The van der Waals surface area contributed by atoms with Gasteiger partial charge in [-0.15, -0.1) is 0 Å². The lowest BCUT2D eigenvalue weighted by atomic mass is 10.7. The maximum atomic E-state index is 9.92. The summed E-state index contributed by atoms with van der Waals surface area (Å²) in [4.78, 5) is 9.24. The average Bonchev–Trinajstić information content (AvgIpc) is 2.04. The molecule has 0 rings (SSSR count). The fraction of sp³-hybridized carbons (Fsp3) is 0.750. The van der Waals surface area contributed by atoms with Crippen molar-refractivity contribution in [3.05, 3.63) is 0 Å². The van der Waals surface area contributed by atoms with Gasteiger partial charge in [-0.25, -0.2) is 0 Å². The second kappa shape index (κ2) is 9.58. The van der Waals surface area contributed by atoms with E-state index < -0.39 is 14.2 Å². The van der Waals surface area contributed by atoms with Crippen molar-refractivity contribution in [1.29, 1.82) is 0 Å². The maximum Gasteiger partial charge on any atom is 0.318 e. The summed E-state index contributed by atoms with van der Waals surface area (Å²) in [7, 11) is 0.558. The van der Waals surface area contributed by atoms with Crippen LogP contribution < -0.4 is 5.73 Å². The van der Waals surface area contributed by atoms with E-state index in [1.807, 2.05) is 0 Å². The summed E-state index contributed by atoms with van der Waals surface area (Å²) in [6.07, 6.45) is 0. The van der Waals surface area contributed by atoms with Gasteiger partial charge in [0.05, 0.1) is 6.54 Å². The van der Waals surface area contributed by atoms with Gasteiger partial charge in [-0.05, 0) is 0 Å². The number of carboxylic acid groups (broad SMARTS) is 1. The van der Waals surface area contributed by atoms with E-state index in [4.69, 9.17) is 5.11 Å². The molecule has 0 atom stereocenters. The van der Waals surface area contributed by atoms with Crippen LogP contribution in [0.5, 0.6) is 0 Å². The van der Waals surface area contributed by atoms with E-state index in [-0.39, 0.29) is 6.54 Å². The van der Waals surface area contributed by atoms with Gasteiger partial charge < -0.3 is 19.9 Å². The van der Waals surface area contributed by atoms with Gasteiger partial charge in [0.2, 0.25) is 0 Å². The molecule has 6 nitrogen and oxygen atoms in total. The Bertz CT molecular complexity index is 122. The quantitative estimate of drug-likeness (QED) is 0.585. The highest BCUT2D eigenvalue weighted by atomic mass is 31.1. The highest BCUT2D eigenvalue weighted by molar-refractivity contribution is 7.33. The molecule has 0 aromatic heterocycles. The molecule has 0 heterocycles. The molecule has 0 aliphatic rings. The van der Waals surface area contributed by atoms with Crippen molar-refractivity contribution in [3.8, 4) is 0 Å². The number of hydrogen-bond acceptors (Lipinski definition) is 5. The standard InChI is InChI=1S/C2H5NO2.C2H7O3P/c3-1-2(4)5;1-4-6(3)5-2/h1,3H2,(H,4,5);6H,1-2H3. The highest BCUT2D eigenvalue weighted by Gasteiger charge is 1.83. The van der Waals surface area contributed by atoms with Gasteiger partial charge in [-0.3, -0.25) is 9.36 Å². The van der Waals surface area contributed by atoms with Crippen LogP contribution in [-0.2, 0) is 18.4 Å². The third-order valence-corrected chi connectivity index (χ3v) is 1.17. The van der Waals surface area contributed by atoms with Crippen LogP contribution in [0.3, 0.4) is 0 Å². The van der Waals surface area contributed by atoms with Crippen LogP contribution in [0, 0.1) is 0 Å². The molecule has 0 radical (unpaired) electrons. The molecule has 68 valence electrons. The Hall–Kier alpha value is -0.420. The summed E-state index contributed by atoms with van der Waals surface area (Å²) >= 11 is 0. The van der Waals surface area contributed by atoms with Crippen LogP contribution in [-0.4, -0.2) is 31.8 Å². The summed E-state index contributed by atoms with van der Waals surface area (Å²) in [5.41, 5.74) is 4.57. The number of carbonyl (C=O) groups is 1. The Labute approximate surface area is 65.2 Å². The molecule has 7 heteroatoms. The third-order valence-electron chi connectivity index (χ3n) is 0.508. The summed E-state index contributed by atoms with van der Waals surface area (Å²) in [5.74, 6) is -0.968. The van der Waals surface area contributed by atoms with E-state index in [9.17, 15) is 9.36 Å². The third kappa shape index (κ3) is 17.7. The summed E-state index contributed by atoms with van der Waals surface area (Å²) in [5, 5.41) is 7.60. The monoisotopic (exact) mass is 185 g/mol. The fourth-order valence-electron chi connectivity index (χ4n) is 0.0833. The molecule has 0 fully saturated rings. The lowest BCUT2D eigenvalue weighted by Crippen LogP contribution is -2.10. The second-order valence-corrected chi connectivity index (χ2v) is 2.57. The minimum atomic E-state index is -2.12. The molecule has 0 saturated carbocycles. The molecule has 0 saturated heterocycles. The zero-order valence-corrected chi connectivity index (χ0v) is 7.36. The molecule has 11 heavy (non-hydrogen) atoms. The van der Waals surface area contributed by atoms with Gasteiger partial charge in [0.15, 0.2) is 0 Å². The predicted octanol–water partition coefficient (Wildman–Crippen LogP) is -0.301. The van der Waals surface area contributed by atoms with E-state index in [1.54, 1.807) is 0 Å². The van der Waals surface area contributed by atoms with E-state index in [1.165, 1.54) is 14.2 Å². The van der Waals surface area contributed by atoms with Crippen molar-refractivity contribution < 1.29 is 23.5 Å². The average molecular weight is 185 g/mol. The molecule has 3 N–H and O–H groups in total. The van der Waals surface area contributed by atoms with Crippen molar-refractivity contribution in [3.63, 3.8) is 0 Å². The number of carboxylic acids is 1. The van der Waals surface area contributed by atoms with E-state index in [0.717, 1.165) is 0 Å². The van der Waals surface area contributed by atoms with Crippen molar-refractivity contribution in [1.82, 2.24) is 0 Å². The molecule has 0 aromatic rings. The van der Waals surface area contributed by atoms with Crippen molar-refractivity contribution in [2.75, 3.05) is 20.8 Å². The molecule has 0 aliphatic heterocycles. The number of aliphatic carboxylic acids is 1. The Morgan fingerprint density at radius 3 is 1.82 bits per heavy atom. The van der Waals surface area contributed by atoms with Crippen LogP contribution in [0.4, 0.5) is 0 Å². The Kier molecular flexibility index (Phi) is 11.5. The lowest BCUT2D eigenvalue weighted by molar-refractivity contribution is -0.135. The van der Waals surface area contributed by atoms with Gasteiger partial charge >= 0.3 is 14.2 Å². The predicted molar refractivity (Wildman–Crippen MR) is 39.7 cm³/mol. The summed E-state index contributed by atoms with van der Waals surface area (Å²) < 4.78 is 18.4. The van der Waals surface area contributed by atoms with Gasteiger partial charge in [0.1, 0.15) is 0 Å². The molecule has 0 bridgehead atoms. The van der Waals surface area contributed by atoms with Gasteiger partial charge in [-0.2, -0.15) is 0 Å². The number of rotatable bonds is 3. The number of nitrogens with two attached hydrogens (primary N) is 1. The minimum Gasteiger partial charge on any atom is -0.480 e. The Morgan fingerprint density at radius 1 is 1.55 bits per heavy atom. The Balaban J connectivity index is 0. The second-order valence-electron chi connectivity index (χ2n) is 1.26. The summed E-state index contributed by atoms with van der Waals surface area (Å²) in [6.45, 7) is -0.278. The first-order chi connectivity index (χ1) is 5.08. The van der Waals surface area contributed by atoms with Gasteiger partial charge in [-0.1, -0.05) is 0 Å². The van der Waals surface area contributed by atoms with Gasteiger partial charge in [0.25, 0.3) is 0 Å². The van der Waals surface area contributed by atoms with Crippen molar-refractivity contribution in [2.24, 2.45) is 5.73 Å². The molecular formula is C4H12NO5P. The zero-order valence-electron chi connectivity index (χ0n) is 6.36. The zero-order chi connectivity index (χ0) is 9.28. The van der Waals surface area contributed by atoms with Crippen LogP contribution in [0.1, 0.15) is 0 Å². The lowest BCUT2D eigenvalue weighted by Gasteiger charge is -1.89. The van der Waals surface area contributed by atoms with Crippen LogP contribution in [0.2, 0.25) is 0 Å². The molecule has 0 aromatic carbocycles.